The Morgan fingerprint density at radius 3 is 2.61 bits per heavy atom. The first-order valence-electron chi connectivity index (χ1n) is 7.15. The summed E-state index contributed by atoms with van der Waals surface area (Å²) in [5.41, 5.74) is 1.56. The molecule has 0 bridgehead atoms. The summed E-state index contributed by atoms with van der Waals surface area (Å²) in [6.07, 6.45) is 0.725. The van der Waals surface area contributed by atoms with Gasteiger partial charge in [0.25, 0.3) is 5.91 Å². The molecule has 6 nitrogen and oxygen atoms in total. The molecule has 0 radical (unpaired) electrons. The number of amides is 1. The van der Waals surface area contributed by atoms with Crippen LogP contribution in [-0.2, 0) is 9.53 Å². The van der Waals surface area contributed by atoms with E-state index in [-0.39, 0.29) is 24.3 Å². The Bertz CT molecular complexity index is 682. The van der Waals surface area contributed by atoms with E-state index in [1.807, 2.05) is 31.2 Å². The Morgan fingerprint density at radius 2 is 2.04 bits per heavy atom. The van der Waals surface area contributed by atoms with E-state index in [2.05, 4.69) is 26.4 Å². The molecule has 7 heteroatoms. The molecule has 2 aromatic rings. The van der Waals surface area contributed by atoms with Gasteiger partial charge in [-0.1, -0.05) is 40.1 Å². The van der Waals surface area contributed by atoms with Crippen LogP contribution in [0, 0.1) is 6.92 Å². The number of nitrogens with zero attached hydrogens (tertiary/aromatic N) is 1. The Labute approximate surface area is 142 Å². The molecule has 0 aliphatic rings. The van der Waals surface area contributed by atoms with Crippen molar-refractivity contribution in [3.63, 3.8) is 0 Å². The summed E-state index contributed by atoms with van der Waals surface area (Å²) >= 11 is 3.37. The van der Waals surface area contributed by atoms with Gasteiger partial charge in [0.2, 0.25) is 5.76 Å². The number of ether oxygens (including phenoxy) is 1. The third-order valence-corrected chi connectivity index (χ3v) is 3.71. The standard InChI is InChI=1S/C16H17BrN2O4/c1-3-13(11-4-6-12(17)7-5-11)18-15(20)9-22-16(21)14-8-10(2)19-23-14/h4-8,13H,3,9H2,1-2H3,(H,18,20)/t13-/m1/s1. The molecule has 0 unspecified atom stereocenters. The van der Waals surface area contributed by atoms with E-state index in [1.165, 1.54) is 6.07 Å². The van der Waals surface area contributed by atoms with Gasteiger partial charge in [0.1, 0.15) is 0 Å². The maximum Gasteiger partial charge on any atom is 0.377 e. The predicted octanol–water partition coefficient (Wildman–Crippen LogP) is 3.17. The van der Waals surface area contributed by atoms with Gasteiger partial charge in [0.05, 0.1) is 11.7 Å². The Balaban J connectivity index is 1.87. The number of aromatic nitrogens is 1. The van der Waals surface area contributed by atoms with E-state index < -0.39 is 5.97 Å². The molecule has 0 spiro atoms. The number of hydrogen-bond acceptors (Lipinski definition) is 5. The van der Waals surface area contributed by atoms with Crippen LogP contribution in [0.3, 0.4) is 0 Å². The van der Waals surface area contributed by atoms with Gasteiger partial charge in [-0.2, -0.15) is 0 Å². The fraction of sp³-hybridized carbons (Fsp3) is 0.312. The molecule has 0 aliphatic carbocycles. The van der Waals surface area contributed by atoms with Gasteiger partial charge in [0.15, 0.2) is 6.61 Å². The molecule has 1 atom stereocenters. The molecule has 1 aromatic heterocycles. The number of halogens is 1. The Hall–Kier alpha value is -2.15. The highest BCUT2D eigenvalue weighted by Gasteiger charge is 2.17. The van der Waals surface area contributed by atoms with Crippen molar-refractivity contribution in [1.82, 2.24) is 10.5 Å². The zero-order chi connectivity index (χ0) is 16.8. The Morgan fingerprint density at radius 1 is 1.35 bits per heavy atom. The number of carbonyl (C=O) groups excluding carboxylic acids is 2. The lowest BCUT2D eigenvalue weighted by atomic mass is 10.0. The van der Waals surface area contributed by atoms with Gasteiger partial charge < -0.3 is 14.6 Å². The molecule has 0 aliphatic heterocycles. The lowest BCUT2D eigenvalue weighted by Crippen LogP contribution is -2.32. The van der Waals surface area contributed by atoms with Crippen molar-refractivity contribution >= 4 is 27.8 Å². The van der Waals surface area contributed by atoms with Gasteiger partial charge in [-0.3, -0.25) is 4.79 Å². The number of nitrogens with one attached hydrogen (secondary N) is 1. The first-order chi connectivity index (χ1) is 11.0. The normalized spacial score (nSPS) is 11.8. The van der Waals surface area contributed by atoms with E-state index in [0.29, 0.717) is 5.69 Å². The molecule has 2 rings (SSSR count). The quantitative estimate of drug-likeness (QED) is 0.778. The molecule has 0 fully saturated rings. The van der Waals surface area contributed by atoms with E-state index in [9.17, 15) is 9.59 Å². The second-order valence-electron chi connectivity index (χ2n) is 4.99. The van der Waals surface area contributed by atoms with Gasteiger partial charge in [-0.15, -0.1) is 0 Å². The second-order valence-corrected chi connectivity index (χ2v) is 5.90. The van der Waals surface area contributed by atoms with Gasteiger partial charge >= 0.3 is 5.97 Å². The highest BCUT2D eigenvalue weighted by Crippen LogP contribution is 2.19. The third-order valence-electron chi connectivity index (χ3n) is 3.18. The van der Waals surface area contributed by atoms with Crippen molar-refractivity contribution in [2.24, 2.45) is 0 Å². The summed E-state index contributed by atoms with van der Waals surface area (Å²) in [6, 6.07) is 9.01. The summed E-state index contributed by atoms with van der Waals surface area (Å²) in [7, 11) is 0. The van der Waals surface area contributed by atoms with Crippen molar-refractivity contribution in [2.75, 3.05) is 6.61 Å². The topological polar surface area (TPSA) is 81.4 Å². The van der Waals surface area contributed by atoms with E-state index in [1.54, 1.807) is 6.92 Å². The van der Waals surface area contributed by atoms with Gasteiger partial charge in [-0.25, -0.2) is 4.79 Å². The number of rotatable bonds is 6. The largest absolute Gasteiger partial charge is 0.450 e. The molecule has 1 N–H and O–H groups in total. The average Bonchev–Trinajstić information content (AvgIpc) is 2.98. The average molecular weight is 381 g/mol. The van der Waals surface area contributed by atoms with Crippen molar-refractivity contribution in [2.45, 2.75) is 26.3 Å². The fourth-order valence-corrected chi connectivity index (χ4v) is 2.28. The molecular formula is C16H17BrN2O4. The molecule has 0 saturated heterocycles. The van der Waals surface area contributed by atoms with Crippen molar-refractivity contribution in [3.8, 4) is 0 Å². The lowest BCUT2D eigenvalue weighted by molar-refractivity contribution is -0.125. The SMILES string of the molecule is CC[C@@H](NC(=O)COC(=O)c1cc(C)no1)c1ccc(Br)cc1. The van der Waals surface area contributed by atoms with Crippen LogP contribution in [-0.4, -0.2) is 23.6 Å². The molecule has 23 heavy (non-hydrogen) atoms. The maximum absolute atomic E-state index is 11.9. The number of benzene rings is 1. The van der Waals surface area contributed by atoms with E-state index in [4.69, 9.17) is 9.26 Å². The van der Waals surface area contributed by atoms with Crippen LogP contribution in [0.5, 0.6) is 0 Å². The highest BCUT2D eigenvalue weighted by molar-refractivity contribution is 9.10. The fourth-order valence-electron chi connectivity index (χ4n) is 2.01. The van der Waals surface area contributed by atoms with Gasteiger partial charge in [0, 0.05) is 10.5 Å². The monoisotopic (exact) mass is 380 g/mol. The van der Waals surface area contributed by atoms with Crippen LogP contribution >= 0.6 is 15.9 Å². The summed E-state index contributed by atoms with van der Waals surface area (Å²) in [5.74, 6) is -1.10. The summed E-state index contributed by atoms with van der Waals surface area (Å²) in [6.45, 7) is 3.29. The summed E-state index contributed by atoms with van der Waals surface area (Å²) in [4.78, 5) is 23.6. The second kappa shape index (κ2) is 7.92. The summed E-state index contributed by atoms with van der Waals surface area (Å²) < 4.78 is 10.7. The van der Waals surface area contributed by atoms with Crippen molar-refractivity contribution in [1.29, 1.82) is 0 Å². The molecule has 1 amide bonds. The maximum atomic E-state index is 11.9. The van der Waals surface area contributed by atoms with Crippen molar-refractivity contribution < 1.29 is 18.8 Å². The highest BCUT2D eigenvalue weighted by atomic mass is 79.9. The molecule has 1 aromatic carbocycles. The van der Waals surface area contributed by atoms with E-state index in [0.717, 1.165) is 16.5 Å². The number of hydrogen-bond donors (Lipinski definition) is 1. The first-order valence-corrected chi connectivity index (χ1v) is 7.94. The van der Waals surface area contributed by atoms with Crippen LogP contribution < -0.4 is 5.32 Å². The minimum Gasteiger partial charge on any atom is -0.450 e. The zero-order valence-electron chi connectivity index (χ0n) is 12.8. The molecule has 0 saturated carbocycles. The third kappa shape index (κ3) is 4.92. The predicted molar refractivity (Wildman–Crippen MR) is 86.8 cm³/mol. The van der Waals surface area contributed by atoms with Crippen LogP contribution in [0.4, 0.5) is 0 Å². The minimum absolute atomic E-state index is 0.0183. The number of carbonyl (C=O) groups is 2. The smallest absolute Gasteiger partial charge is 0.377 e. The number of aryl methyl sites for hydroxylation is 1. The van der Waals surface area contributed by atoms with Crippen LogP contribution in [0.15, 0.2) is 39.3 Å². The molecule has 1 heterocycles. The first kappa shape index (κ1) is 17.2. The lowest BCUT2D eigenvalue weighted by Gasteiger charge is -2.17. The van der Waals surface area contributed by atoms with Crippen LogP contribution in [0.2, 0.25) is 0 Å². The number of esters is 1. The van der Waals surface area contributed by atoms with Gasteiger partial charge in [-0.05, 0) is 31.0 Å². The summed E-state index contributed by atoms with van der Waals surface area (Å²) in [5, 5.41) is 6.43. The van der Waals surface area contributed by atoms with Crippen LogP contribution in [0.25, 0.3) is 0 Å². The Kier molecular flexibility index (Phi) is 5.92. The van der Waals surface area contributed by atoms with Crippen molar-refractivity contribution in [3.05, 3.63) is 51.8 Å². The molecule has 122 valence electrons. The minimum atomic E-state index is -0.711. The van der Waals surface area contributed by atoms with Crippen LogP contribution in [0.1, 0.15) is 41.2 Å². The molecular weight excluding hydrogens is 364 g/mol. The van der Waals surface area contributed by atoms with E-state index >= 15 is 0 Å². The zero-order valence-corrected chi connectivity index (χ0v) is 14.4.